The number of carbonyl (C=O) groups is 1. The summed E-state index contributed by atoms with van der Waals surface area (Å²) in [6.07, 6.45) is 3.28. The zero-order chi connectivity index (χ0) is 17.6. The zero-order valence-electron chi connectivity index (χ0n) is 14.2. The highest BCUT2D eigenvalue weighted by atomic mass is 32.1. The third-order valence-corrected chi connectivity index (χ3v) is 5.99. The van der Waals surface area contributed by atoms with Gasteiger partial charge in [0, 0.05) is 23.9 Å². The van der Waals surface area contributed by atoms with E-state index in [0.717, 1.165) is 28.1 Å². The highest BCUT2D eigenvalue weighted by Crippen LogP contribution is 2.29. The minimum absolute atomic E-state index is 0.0347. The largest absolute Gasteiger partial charge is 0.459 e. The molecular formula is C18H19N3O3S. The molecule has 7 heteroatoms. The van der Waals surface area contributed by atoms with Crippen LogP contribution in [-0.4, -0.2) is 33.9 Å². The predicted octanol–water partition coefficient (Wildman–Crippen LogP) is 3.21. The molecule has 1 N–H and O–H groups in total. The van der Waals surface area contributed by atoms with Crippen molar-refractivity contribution in [1.29, 1.82) is 0 Å². The second-order valence-electron chi connectivity index (χ2n) is 6.48. The number of nitrogens with zero attached hydrogens (tertiary/aromatic N) is 2. The Kier molecular flexibility index (Phi) is 3.95. The van der Waals surface area contributed by atoms with Crippen molar-refractivity contribution in [3.63, 3.8) is 0 Å². The maximum atomic E-state index is 12.5. The topological polar surface area (TPSA) is 79.2 Å². The smallest absolute Gasteiger partial charge is 0.289 e. The number of aromatic amines is 1. The van der Waals surface area contributed by atoms with Gasteiger partial charge >= 0.3 is 0 Å². The number of hydrogen-bond acceptors (Lipinski definition) is 5. The molecule has 3 aromatic heterocycles. The maximum absolute atomic E-state index is 12.5. The summed E-state index contributed by atoms with van der Waals surface area (Å²) in [6.45, 7) is 5.19. The van der Waals surface area contributed by atoms with Gasteiger partial charge in [-0.1, -0.05) is 0 Å². The van der Waals surface area contributed by atoms with Crippen LogP contribution in [0.15, 0.2) is 27.6 Å². The van der Waals surface area contributed by atoms with E-state index in [-0.39, 0.29) is 17.4 Å². The number of fused-ring (bicyclic) bond motifs is 1. The fourth-order valence-electron chi connectivity index (χ4n) is 3.41. The summed E-state index contributed by atoms with van der Waals surface area (Å²) in [7, 11) is 0. The number of hydrogen-bond donors (Lipinski definition) is 1. The van der Waals surface area contributed by atoms with Crippen molar-refractivity contribution in [2.45, 2.75) is 32.6 Å². The molecule has 1 saturated heterocycles. The first-order valence-corrected chi connectivity index (χ1v) is 9.19. The van der Waals surface area contributed by atoms with Gasteiger partial charge < -0.3 is 14.3 Å². The van der Waals surface area contributed by atoms with Crippen molar-refractivity contribution in [3.05, 3.63) is 50.8 Å². The first kappa shape index (κ1) is 16.1. The molecule has 25 heavy (non-hydrogen) atoms. The Balaban J connectivity index is 1.64. The Morgan fingerprint density at radius 2 is 2.28 bits per heavy atom. The van der Waals surface area contributed by atoms with Crippen LogP contribution < -0.4 is 5.56 Å². The van der Waals surface area contributed by atoms with Gasteiger partial charge in [0.2, 0.25) is 0 Å². The number of piperidine rings is 1. The van der Waals surface area contributed by atoms with Crippen LogP contribution in [0, 0.1) is 13.8 Å². The van der Waals surface area contributed by atoms with Gasteiger partial charge in [-0.25, -0.2) is 4.98 Å². The van der Waals surface area contributed by atoms with E-state index in [1.54, 1.807) is 28.4 Å². The molecule has 1 atom stereocenters. The van der Waals surface area contributed by atoms with Crippen molar-refractivity contribution in [1.82, 2.24) is 14.9 Å². The molecule has 6 nitrogen and oxygen atoms in total. The van der Waals surface area contributed by atoms with Gasteiger partial charge in [-0.15, -0.1) is 11.3 Å². The van der Waals surface area contributed by atoms with Crippen LogP contribution in [0.2, 0.25) is 0 Å². The van der Waals surface area contributed by atoms with Gasteiger partial charge in [-0.05, 0) is 44.4 Å². The van der Waals surface area contributed by atoms with Crippen molar-refractivity contribution in [2.75, 3.05) is 13.1 Å². The molecule has 1 aliphatic rings. The molecular weight excluding hydrogens is 338 g/mol. The first-order chi connectivity index (χ1) is 12.0. The van der Waals surface area contributed by atoms with E-state index in [0.29, 0.717) is 30.1 Å². The van der Waals surface area contributed by atoms with Gasteiger partial charge in [-0.2, -0.15) is 0 Å². The van der Waals surface area contributed by atoms with Crippen LogP contribution in [-0.2, 0) is 0 Å². The van der Waals surface area contributed by atoms with Gasteiger partial charge in [-0.3, -0.25) is 9.59 Å². The molecule has 1 aliphatic heterocycles. The van der Waals surface area contributed by atoms with E-state index in [1.807, 2.05) is 13.8 Å². The highest BCUT2D eigenvalue weighted by Gasteiger charge is 2.28. The van der Waals surface area contributed by atoms with Crippen molar-refractivity contribution < 1.29 is 9.21 Å². The molecule has 0 bridgehead atoms. The fraction of sp³-hybridized carbons (Fsp3) is 0.389. The van der Waals surface area contributed by atoms with Crippen LogP contribution in [0.5, 0.6) is 0 Å². The number of nitrogens with one attached hydrogen (secondary N) is 1. The quantitative estimate of drug-likeness (QED) is 0.764. The van der Waals surface area contributed by atoms with Crippen molar-refractivity contribution in [3.8, 4) is 0 Å². The summed E-state index contributed by atoms with van der Waals surface area (Å²) in [5.74, 6) is 0.950. The molecule has 4 heterocycles. The zero-order valence-corrected chi connectivity index (χ0v) is 15.0. The monoisotopic (exact) mass is 357 g/mol. The number of furan rings is 1. The Morgan fingerprint density at radius 3 is 3.04 bits per heavy atom. The second-order valence-corrected chi connectivity index (χ2v) is 7.69. The summed E-state index contributed by atoms with van der Waals surface area (Å²) in [5.41, 5.74) is 0.912. The van der Waals surface area contributed by atoms with E-state index in [4.69, 9.17) is 9.40 Å². The standard InChI is InChI=1S/C18H19N3O3S/c1-10-11(2)25-17-14(10)16(22)19-15(20-17)12-5-3-7-21(9-12)18(23)13-6-4-8-24-13/h4,6,8,12H,3,5,7,9H2,1-2H3,(H,19,20,22). The summed E-state index contributed by atoms with van der Waals surface area (Å²) < 4.78 is 5.22. The molecule has 1 unspecified atom stereocenters. The molecule has 0 aliphatic carbocycles. The summed E-state index contributed by atoms with van der Waals surface area (Å²) >= 11 is 1.55. The third kappa shape index (κ3) is 2.78. The van der Waals surface area contributed by atoms with Crippen LogP contribution in [0.1, 0.15) is 45.6 Å². The fourth-order valence-corrected chi connectivity index (χ4v) is 4.44. The summed E-state index contributed by atoms with van der Waals surface area (Å²) in [6, 6.07) is 3.39. The molecule has 130 valence electrons. The lowest BCUT2D eigenvalue weighted by Gasteiger charge is -2.31. The van der Waals surface area contributed by atoms with Crippen LogP contribution in [0.3, 0.4) is 0 Å². The number of amides is 1. The highest BCUT2D eigenvalue weighted by molar-refractivity contribution is 7.18. The Labute approximate surface area is 148 Å². The van der Waals surface area contributed by atoms with Gasteiger partial charge in [0.15, 0.2) is 5.76 Å². The van der Waals surface area contributed by atoms with Crippen LogP contribution in [0.25, 0.3) is 10.2 Å². The molecule has 0 spiro atoms. The minimum atomic E-state index is -0.110. The van der Waals surface area contributed by atoms with E-state index < -0.39 is 0 Å². The molecule has 0 saturated carbocycles. The molecule has 0 aromatic carbocycles. The lowest BCUT2D eigenvalue weighted by molar-refractivity contribution is 0.0672. The second kappa shape index (κ2) is 6.15. The lowest BCUT2D eigenvalue weighted by Crippen LogP contribution is -2.39. The number of aryl methyl sites for hydroxylation is 2. The van der Waals surface area contributed by atoms with Gasteiger partial charge in [0.1, 0.15) is 10.7 Å². The van der Waals surface area contributed by atoms with E-state index in [2.05, 4.69) is 4.98 Å². The van der Waals surface area contributed by atoms with E-state index in [1.165, 1.54) is 6.26 Å². The summed E-state index contributed by atoms with van der Waals surface area (Å²) in [4.78, 5) is 36.3. The molecule has 1 fully saturated rings. The molecule has 1 amide bonds. The first-order valence-electron chi connectivity index (χ1n) is 8.37. The lowest BCUT2D eigenvalue weighted by atomic mass is 9.97. The molecule has 4 rings (SSSR count). The number of rotatable bonds is 2. The Morgan fingerprint density at radius 1 is 1.44 bits per heavy atom. The number of H-pyrrole nitrogens is 1. The molecule has 0 radical (unpaired) electrons. The van der Waals surface area contributed by atoms with Gasteiger partial charge in [0.25, 0.3) is 11.5 Å². The van der Waals surface area contributed by atoms with Crippen LogP contribution in [0.4, 0.5) is 0 Å². The average molecular weight is 357 g/mol. The van der Waals surface area contributed by atoms with Gasteiger partial charge in [0.05, 0.1) is 11.6 Å². The Bertz CT molecular complexity index is 987. The minimum Gasteiger partial charge on any atom is -0.459 e. The van der Waals surface area contributed by atoms with Crippen molar-refractivity contribution in [2.24, 2.45) is 0 Å². The maximum Gasteiger partial charge on any atom is 0.289 e. The Hall–Kier alpha value is -2.41. The predicted molar refractivity (Wildman–Crippen MR) is 96.3 cm³/mol. The number of thiophene rings is 1. The summed E-state index contributed by atoms with van der Waals surface area (Å²) in [5, 5.41) is 0.686. The average Bonchev–Trinajstić information content (AvgIpc) is 3.23. The third-order valence-electron chi connectivity index (χ3n) is 4.88. The normalized spacial score (nSPS) is 18.0. The number of likely N-dealkylation sites (tertiary alicyclic amines) is 1. The van der Waals surface area contributed by atoms with Crippen molar-refractivity contribution >= 4 is 27.5 Å². The molecule has 3 aromatic rings. The number of aromatic nitrogens is 2. The van der Waals surface area contributed by atoms with Crippen LogP contribution >= 0.6 is 11.3 Å². The van der Waals surface area contributed by atoms with E-state index >= 15 is 0 Å². The number of carbonyl (C=O) groups excluding carboxylic acids is 1. The van der Waals surface area contributed by atoms with E-state index in [9.17, 15) is 9.59 Å². The SMILES string of the molecule is Cc1sc2nc(C3CCCN(C(=O)c4ccco4)C3)[nH]c(=O)c2c1C.